The highest BCUT2D eigenvalue weighted by molar-refractivity contribution is 5.76. The number of nitrogens with one attached hydrogen (secondary N) is 2. The van der Waals surface area contributed by atoms with Crippen molar-refractivity contribution in [2.24, 2.45) is 9.98 Å². The fourth-order valence-electron chi connectivity index (χ4n) is 2.98. The summed E-state index contributed by atoms with van der Waals surface area (Å²) in [6.07, 6.45) is 3.96. The number of aliphatic imine (C=N–C) groups is 2. The van der Waals surface area contributed by atoms with Gasteiger partial charge in [-0.3, -0.25) is 15.1 Å². The van der Waals surface area contributed by atoms with Crippen LogP contribution in [0, 0.1) is 0 Å². The third kappa shape index (κ3) is 3.88. The molecule has 7 heteroatoms. The number of aromatic amines is 1. The van der Waals surface area contributed by atoms with Crippen LogP contribution in [0.15, 0.2) is 52.2 Å². The van der Waals surface area contributed by atoms with Gasteiger partial charge >= 0.3 is 6.03 Å². The summed E-state index contributed by atoms with van der Waals surface area (Å²) in [5, 5.41) is 10.5. The van der Waals surface area contributed by atoms with Crippen molar-refractivity contribution in [3.63, 3.8) is 0 Å². The van der Waals surface area contributed by atoms with E-state index in [9.17, 15) is 4.79 Å². The van der Waals surface area contributed by atoms with Crippen molar-refractivity contribution < 1.29 is 4.79 Å². The van der Waals surface area contributed by atoms with Gasteiger partial charge in [-0.1, -0.05) is 30.3 Å². The highest BCUT2D eigenvalue weighted by atomic mass is 16.2. The highest BCUT2D eigenvalue weighted by Crippen LogP contribution is 2.28. The second-order valence-electron chi connectivity index (χ2n) is 5.92. The van der Waals surface area contributed by atoms with Gasteiger partial charge in [0.05, 0.1) is 24.5 Å². The van der Waals surface area contributed by atoms with Gasteiger partial charge in [0.25, 0.3) is 0 Å². The van der Waals surface area contributed by atoms with E-state index in [-0.39, 0.29) is 6.03 Å². The van der Waals surface area contributed by atoms with Crippen molar-refractivity contribution in [2.45, 2.75) is 19.9 Å². The molecule has 134 valence electrons. The molecule has 1 aromatic carbocycles. The number of carbonyl (C=O) groups is 1. The average molecular weight is 350 g/mol. The van der Waals surface area contributed by atoms with Gasteiger partial charge in [-0.2, -0.15) is 5.10 Å². The number of nitrogens with zero attached hydrogens (tertiary/aromatic N) is 4. The number of hydrogen-bond donors (Lipinski definition) is 2. The number of rotatable bonds is 5. The third-order valence-corrected chi connectivity index (χ3v) is 4.22. The van der Waals surface area contributed by atoms with Gasteiger partial charge in [0.15, 0.2) is 0 Å². The van der Waals surface area contributed by atoms with E-state index in [0.29, 0.717) is 25.3 Å². The third-order valence-electron chi connectivity index (χ3n) is 4.22. The van der Waals surface area contributed by atoms with E-state index in [1.807, 2.05) is 37.3 Å². The lowest BCUT2D eigenvalue weighted by atomic mass is 10.0. The minimum atomic E-state index is -0.128. The van der Waals surface area contributed by atoms with E-state index in [4.69, 9.17) is 0 Å². The molecule has 1 aromatic heterocycles. The van der Waals surface area contributed by atoms with E-state index in [0.717, 1.165) is 28.9 Å². The number of aromatic nitrogens is 2. The van der Waals surface area contributed by atoms with E-state index >= 15 is 0 Å². The van der Waals surface area contributed by atoms with Gasteiger partial charge in [-0.05, 0) is 13.6 Å². The second-order valence-corrected chi connectivity index (χ2v) is 5.92. The number of H-pyrrole nitrogens is 1. The van der Waals surface area contributed by atoms with Gasteiger partial charge in [0, 0.05) is 42.2 Å². The lowest BCUT2D eigenvalue weighted by molar-refractivity contribution is 0.193. The summed E-state index contributed by atoms with van der Waals surface area (Å²) in [6.45, 7) is 6.72. The van der Waals surface area contributed by atoms with Crippen molar-refractivity contribution >= 4 is 19.0 Å². The van der Waals surface area contributed by atoms with E-state index in [1.165, 1.54) is 6.20 Å². The van der Waals surface area contributed by atoms with Crippen LogP contribution in [0.2, 0.25) is 0 Å². The molecule has 26 heavy (non-hydrogen) atoms. The maximum atomic E-state index is 12.5. The number of hydrogen-bond acceptors (Lipinski definition) is 4. The van der Waals surface area contributed by atoms with Crippen LogP contribution in [-0.4, -0.2) is 47.2 Å². The van der Waals surface area contributed by atoms with Crippen LogP contribution in [-0.2, 0) is 13.0 Å². The van der Waals surface area contributed by atoms with Crippen LogP contribution in [0.4, 0.5) is 4.79 Å². The monoisotopic (exact) mass is 350 g/mol. The first-order chi connectivity index (χ1) is 12.7. The van der Waals surface area contributed by atoms with Crippen molar-refractivity contribution in [1.82, 2.24) is 20.4 Å². The molecular weight excluding hydrogens is 328 g/mol. The molecule has 0 bridgehead atoms. The van der Waals surface area contributed by atoms with Crippen molar-refractivity contribution in [2.75, 3.05) is 13.1 Å². The van der Waals surface area contributed by atoms with Crippen molar-refractivity contribution in [3.05, 3.63) is 53.5 Å². The molecule has 0 radical (unpaired) electrons. The summed E-state index contributed by atoms with van der Waals surface area (Å²) in [5.41, 5.74) is 4.78. The summed E-state index contributed by atoms with van der Waals surface area (Å²) < 4.78 is 0. The Kier molecular flexibility index (Phi) is 5.58. The minimum absolute atomic E-state index is 0.128. The SMILES string of the molecule is C=N/C=C(CNC(=O)N1CCc2[nH]nc(-c3ccccc3)c2C1)\N=C/C. The molecular formula is C19H22N6O. The first-order valence-corrected chi connectivity index (χ1v) is 8.50. The largest absolute Gasteiger partial charge is 0.332 e. The second kappa shape index (κ2) is 8.24. The molecule has 2 heterocycles. The van der Waals surface area contributed by atoms with Crippen LogP contribution < -0.4 is 5.32 Å². The summed E-state index contributed by atoms with van der Waals surface area (Å²) >= 11 is 0. The lowest BCUT2D eigenvalue weighted by Gasteiger charge is -2.27. The molecule has 2 N–H and O–H groups in total. The Morgan fingerprint density at radius 3 is 2.96 bits per heavy atom. The quantitative estimate of drug-likeness (QED) is 0.813. The number of benzene rings is 1. The molecule has 1 aliphatic heterocycles. The molecule has 1 aliphatic rings. The Morgan fingerprint density at radius 2 is 2.23 bits per heavy atom. The van der Waals surface area contributed by atoms with Crippen molar-refractivity contribution in [1.29, 1.82) is 0 Å². The molecule has 2 amide bonds. The molecule has 0 aliphatic carbocycles. The van der Waals surface area contributed by atoms with Crippen LogP contribution >= 0.6 is 0 Å². The Bertz CT molecular complexity index is 837. The fourth-order valence-corrected chi connectivity index (χ4v) is 2.98. The minimum Gasteiger partial charge on any atom is -0.332 e. The van der Waals surface area contributed by atoms with Gasteiger partial charge in [0.2, 0.25) is 0 Å². The van der Waals surface area contributed by atoms with Crippen LogP contribution in [0.3, 0.4) is 0 Å². The molecule has 0 unspecified atom stereocenters. The highest BCUT2D eigenvalue weighted by Gasteiger charge is 2.25. The summed E-state index contributed by atoms with van der Waals surface area (Å²) in [4.78, 5) is 22.2. The maximum Gasteiger partial charge on any atom is 0.318 e. The molecule has 0 saturated carbocycles. The predicted molar refractivity (Wildman–Crippen MR) is 103 cm³/mol. The predicted octanol–water partition coefficient (Wildman–Crippen LogP) is 2.78. The average Bonchev–Trinajstić information content (AvgIpc) is 3.10. The van der Waals surface area contributed by atoms with Crippen LogP contribution in [0.25, 0.3) is 11.3 Å². The topological polar surface area (TPSA) is 85.7 Å². The summed E-state index contributed by atoms with van der Waals surface area (Å²) in [5.74, 6) is 0. The molecule has 0 fully saturated rings. The number of carbonyl (C=O) groups excluding carboxylic acids is 1. The van der Waals surface area contributed by atoms with Gasteiger partial charge < -0.3 is 10.2 Å². The Morgan fingerprint density at radius 1 is 1.42 bits per heavy atom. The summed E-state index contributed by atoms with van der Waals surface area (Å²) in [6, 6.07) is 9.87. The zero-order chi connectivity index (χ0) is 18.4. The molecule has 0 saturated heterocycles. The number of amides is 2. The van der Waals surface area contributed by atoms with E-state index < -0.39 is 0 Å². The lowest BCUT2D eigenvalue weighted by Crippen LogP contribution is -2.43. The zero-order valence-electron chi connectivity index (χ0n) is 14.8. The van der Waals surface area contributed by atoms with E-state index in [2.05, 4.69) is 32.2 Å². The van der Waals surface area contributed by atoms with Crippen LogP contribution in [0.1, 0.15) is 18.2 Å². The van der Waals surface area contributed by atoms with Crippen molar-refractivity contribution in [3.8, 4) is 11.3 Å². The maximum absolute atomic E-state index is 12.5. The standard InChI is InChI=1S/C19H22N6O/c1-3-21-15(11-20-2)12-22-19(26)25-10-9-17-16(13-25)18(24-23-17)14-7-5-4-6-8-14/h3-8,11H,2,9-10,12-13H2,1H3,(H,22,26)(H,23,24)/b15-11-,21-3-. The fraction of sp³-hybridized carbons (Fsp3) is 0.263. The first kappa shape index (κ1) is 17.6. The smallest absolute Gasteiger partial charge is 0.318 e. The normalized spacial score (nSPS) is 14.3. The van der Waals surface area contributed by atoms with E-state index in [1.54, 1.807) is 11.1 Å². The Hall–Kier alpha value is -3.22. The summed E-state index contributed by atoms with van der Waals surface area (Å²) in [7, 11) is 0. The Balaban J connectivity index is 1.70. The molecule has 0 spiro atoms. The molecule has 2 aromatic rings. The Labute approximate surface area is 152 Å². The zero-order valence-corrected chi connectivity index (χ0v) is 14.8. The number of fused-ring (bicyclic) bond motifs is 1. The van der Waals surface area contributed by atoms with Gasteiger partial charge in [-0.15, -0.1) is 0 Å². The van der Waals surface area contributed by atoms with Gasteiger partial charge in [-0.25, -0.2) is 4.79 Å². The first-order valence-electron chi connectivity index (χ1n) is 8.50. The molecule has 7 nitrogen and oxygen atoms in total. The van der Waals surface area contributed by atoms with Crippen LogP contribution in [0.5, 0.6) is 0 Å². The molecule has 0 atom stereocenters. The van der Waals surface area contributed by atoms with Gasteiger partial charge in [0.1, 0.15) is 0 Å². The molecule has 3 rings (SSSR count). The number of urea groups is 1.